The van der Waals surface area contributed by atoms with Crippen molar-refractivity contribution in [1.29, 1.82) is 5.26 Å². The van der Waals surface area contributed by atoms with Gasteiger partial charge in [0, 0.05) is 0 Å². The van der Waals surface area contributed by atoms with Crippen molar-refractivity contribution in [2.45, 2.75) is 69.9 Å². The Morgan fingerprint density at radius 1 is 1.16 bits per heavy atom. The third-order valence-corrected chi connectivity index (χ3v) is 5.27. The number of hydrogen-bond acceptors (Lipinski definition) is 4. The fourth-order valence-electron chi connectivity index (χ4n) is 3.74. The normalized spacial score (nSPS) is 19.4. The first-order valence-electron chi connectivity index (χ1n) is 9.09. The summed E-state index contributed by atoms with van der Waals surface area (Å²) in [5, 5.41) is 12.3. The van der Waals surface area contributed by atoms with Gasteiger partial charge in [-0.25, -0.2) is 4.79 Å². The summed E-state index contributed by atoms with van der Waals surface area (Å²) in [5.41, 5.74) is 2.14. The van der Waals surface area contributed by atoms with Crippen molar-refractivity contribution in [2.24, 2.45) is 0 Å². The Balaban J connectivity index is 1.61. The van der Waals surface area contributed by atoms with Gasteiger partial charge < -0.3 is 10.1 Å². The summed E-state index contributed by atoms with van der Waals surface area (Å²) in [6.07, 6.45) is 6.48. The highest BCUT2D eigenvalue weighted by Gasteiger charge is 2.35. The van der Waals surface area contributed by atoms with Crippen molar-refractivity contribution in [2.75, 3.05) is 0 Å². The molecular formula is C20H24N2O3. The van der Waals surface area contributed by atoms with Crippen molar-refractivity contribution in [3.8, 4) is 6.07 Å². The van der Waals surface area contributed by atoms with Gasteiger partial charge in [0.1, 0.15) is 5.54 Å². The molecule has 5 heteroatoms. The van der Waals surface area contributed by atoms with E-state index in [-0.39, 0.29) is 0 Å². The second-order valence-electron chi connectivity index (χ2n) is 7.13. The monoisotopic (exact) mass is 340 g/mol. The predicted octanol–water partition coefficient (Wildman–Crippen LogP) is 3.06. The maximum atomic E-state index is 12.4. The zero-order valence-corrected chi connectivity index (χ0v) is 14.6. The van der Waals surface area contributed by atoms with Crippen LogP contribution in [0.1, 0.15) is 66.9 Å². The number of fused-ring (bicyclic) bond motifs is 1. The van der Waals surface area contributed by atoms with Crippen LogP contribution in [0.2, 0.25) is 0 Å². The summed E-state index contributed by atoms with van der Waals surface area (Å²) in [6.45, 7) is 1.55. The molecule has 0 bridgehead atoms. The maximum absolute atomic E-state index is 12.4. The van der Waals surface area contributed by atoms with Gasteiger partial charge in [0.2, 0.25) is 0 Å². The third kappa shape index (κ3) is 3.84. The first-order chi connectivity index (χ1) is 12.0. The molecule has 25 heavy (non-hydrogen) atoms. The van der Waals surface area contributed by atoms with Crippen LogP contribution in [0.5, 0.6) is 0 Å². The first-order valence-corrected chi connectivity index (χ1v) is 9.09. The lowest BCUT2D eigenvalue weighted by Gasteiger charge is -2.32. The average Bonchev–Trinajstić information content (AvgIpc) is 3.10. The number of benzene rings is 1. The molecule has 2 aliphatic carbocycles. The lowest BCUT2D eigenvalue weighted by Crippen LogP contribution is -2.52. The number of carbonyl (C=O) groups excluding carboxylic acids is 2. The molecule has 3 rings (SSSR count). The molecule has 1 atom stereocenters. The van der Waals surface area contributed by atoms with Crippen LogP contribution in [0.25, 0.3) is 0 Å². The number of amides is 1. The van der Waals surface area contributed by atoms with Crippen molar-refractivity contribution >= 4 is 11.9 Å². The highest BCUT2D eigenvalue weighted by molar-refractivity contribution is 5.92. The second kappa shape index (κ2) is 7.26. The number of nitrogens with zero attached hydrogens (tertiary/aromatic N) is 1. The molecule has 0 radical (unpaired) electrons. The third-order valence-electron chi connectivity index (χ3n) is 5.27. The highest BCUT2D eigenvalue weighted by Crippen LogP contribution is 2.28. The Hall–Kier alpha value is -2.35. The Labute approximate surface area is 148 Å². The Morgan fingerprint density at radius 3 is 2.60 bits per heavy atom. The van der Waals surface area contributed by atoms with Gasteiger partial charge in [-0.05, 0) is 62.3 Å². The number of nitriles is 1. The zero-order chi connectivity index (χ0) is 17.9. The number of esters is 1. The molecule has 132 valence electrons. The minimum atomic E-state index is -0.923. The molecule has 0 unspecified atom stereocenters. The number of rotatable bonds is 4. The summed E-state index contributed by atoms with van der Waals surface area (Å²) < 4.78 is 5.33. The van der Waals surface area contributed by atoms with E-state index in [4.69, 9.17) is 4.74 Å². The number of nitrogens with one attached hydrogen (secondary N) is 1. The predicted molar refractivity (Wildman–Crippen MR) is 92.9 cm³/mol. The van der Waals surface area contributed by atoms with Gasteiger partial charge in [-0.3, -0.25) is 4.79 Å². The fraction of sp³-hybridized carbons (Fsp3) is 0.550. The van der Waals surface area contributed by atoms with Crippen molar-refractivity contribution in [3.63, 3.8) is 0 Å². The molecule has 1 aromatic rings. The summed E-state index contributed by atoms with van der Waals surface area (Å²) in [4.78, 5) is 24.7. The van der Waals surface area contributed by atoms with Gasteiger partial charge in [0.05, 0.1) is 11.6 Å². The summed E-state index contributed by atoms with van der Waals surface area (Å²) >= 11 is 0. The highest BCUT2D eigenvalue weighted by atomic mass is 16.5. The first kappa shape index (κ1) is 17.5. The number of hydrogen-bond donors (Lipinski definition) is 1. The van der Waals surface area contributed by atoms with E-state index in [0.29, 0.717) is 18.4 Å². The second-order valence-corrected chi connectivity index (χ2v) is 7.13. The van der Waals surface area contributed by atoms with Crippen LogP contribution in [-0.4, -0.2) is 23.5 Å². The van der Waals surface area contributed by atoms with E-state index in [2.05, 4.69) is 11.4 Å². The average molecular weight is 340 g/mol. The van der Waals surface area contributed by atoms with E-state index in [1.807, 2.05) is 12.1 Å². The van der Waals surface area contributed by atoms with Gasteiger partial charge in [-0.15, -0.1) is 0 Å². The van der Waals surface area contributed by atoms with Crippen molar-refractivity contribution in [1.82, 2.24) is 5.32 Å². The van der Waals surface area contributed by atoms with Crippen LogP contribution >= 0.6 is 0 Å². The van der Waals surface area contributed by atoms with E-state index in [1.165, 1.54) is 11.1 Å². The van der Waals surface area contributed by atoms with Gasteiger partial charge in [-0.2, -0.15) is 5.26 Å². The molecule has 0 saturated heterocycles. The molecule has 0 heterocycles. The van der Waals surface area contributed by atoms with Crippen LogP contribution in [0, 0.1) is 11.3 Å². The van der Waals surface area contributed by atoms with Gasteiger partial charge in [0.25, 0.3) is 5.91 Å². The minimum Gasteiger partial charge on any atom is -0.449 e. The van der Waals surface area contributed by atoms with E-state index < -0.39 is 23.5 Å². The Morgan fingerprint density at radius 2 is 1.88 bits per heavy atom. The lowest BCUT2D eigenvalue weighted by atomic mass is 9.83. The summed E-state index contributed by atoms with van der Waals surface area (Å²) in [5.74, 6) is -0.898. The quantitative estimate of drug-likeness (QED) is 0.854. The number of carbonyl (C=O) groups is 2. The lowest BCUT2D eigenvalue weighted by molar-refractivity contribution is -0.130. The molecule has 1 aromatic carbocycles. The van der Waals surface area contributed by atoms with Crippen LogP contribution in [0.3, 0.4) is 0 Å². The van der Waals surface area contributed by atoms with E-state index >= 15 is 0 Å². The minimum absolute atomic E-state index is 0.405. The van der Waals surface area contributed by atoms with Gasteiger partial charge in [0.15, 0.2) is 6.10 Å². The van der Waals surface area contributed by atoms with Crippen LogP contribution < -0.4 is 5.32 Å². The van der Waals surface area contributed by atoms with Crippen LogP contribution in [0.4, 0.5) is 0 Å². The summed E-state index contributed by atoms with van der Waals surface area (Å²) in [7, 11) is 0. The largest absolute Gasteiger partial charge is 0.449 e. The maximum Gasteiger partial charge on any atom is 0.338 e. The van der Waals surface area contributed by atoms with E-state index in [1.54, 1.807) is 13.0 Å². The molecule has 5 nitrogen and oxygen atoms in total. The van der Waals surface area contributed by atoms with Crippen LogP contribution in [0.15, 0.2) is 18.2 Å². The Bertz CT molecular complexity index is 714. The van der Waals surface area contributed by atoms with Crippen molar-refractivity contribution in [3.05, 3.63) is 34.9 Å². The summed E-state index contributed by atoms with van der Waals surface area (Å²) in [6, 6.07) is 7.84. The zero-order valence-electron chi connectivity index (χ0n) is 14.6. The molecule has 0 spiro atoms. The molecule has 1 amide bonds. The molecular weight excluding hydrogens is 316 g/mol. The molecule has 0 aliphatic heterocycles. The molecule has 1 fully saturated rings. The van der Waals surface area contributed by atoms with Crippen LogP contribution in [-0.2, 0) is 22.4 Å². The van der Waals surface area contributed by atoms with Gasteiger partial charge >= 0.3 is 5.97 Å². The Kier molecular flexibility index (Phi) is 5.08. The molecule has 0 aromatic heterocycles. The smallest absolute Gasteiger partial charge is 0.338 e. The van der Waals surface area contributed by atoms with Gasteiger partial charge in [-0.1, -0.05) is 25.3 Å². The fourth-order valence-corrected chi connectivity index (χ4v) is 3.74. The van der Waals surface area contributed by atoms with E-state index in [9.17, 15) is 14.9 Å². The molecule has 2 aliphatic rings. The standard InChI is InChI=1S/C20H24N2O3/c1-14(18(23)22-20(13-21)10-3-2-4-11-20)25-19(24)17-9-8-15-6-5-7-16(15)12-17/h8-9,12,14H,2-7,10-11H2,1H3,(H,22,23)/t14-/m1/s1. The SMILES string of the molecule is C[C@@H](OC(=O)c1ccc2c(c1)CCC2)C(=O)NC1(C#N)CCCCC1. The number of aryl methyl sites for hydroxylation is 2. The molecule has 1 saturated carbocycles. The molecule has 1 N–H and O–H groups in total. The topological polar surface area (TPSA) is 79.2 Å². The number of ether oxygens (including phenoxy) is 1. The van der Waals surface area contributed by atoms with E-state index in [0.717, 1.165) is 38.5 Å². The van der Waals surface area contributed by atoms with Crippen molar-refractivity contribution < 1.29 is 14.3 Å².